The monoisotopic (exact) mass is 525 g/mol. The Labute approximate surface area is 194 Å². The van der Waals surface area contributed by atoms with Gasteiger partial charge in [-0.25, -0.2) is 4.79 Å². The normalized spacial score (nSPS) is 17.1. The molecule has 1 aliphatic heterocycles. The number of hydrogen-bond donors (Lipinski definition) is 0. The second-order valence-corrected chi connectivity index (χ2v) is 8.62. The molecular weight excluding hydrogens is 507 g/mol. The fourth-order valence-corrected chi connectivity index (χ4v) is 4.38. The lowest BCUT2D eigenvalue weighted by atomic mass is 10.0. The Morgan fingerprint density at radius 2 is 1.76 bits per heavy atom. The van der Waals surface area contributed by atoms with Gasteiger partial charge < -0.3 is 4.74 Å². The van der Waals surface area contributed by atoms with Crippen LogP contribution in [-0.4, -0.2) is 39.1 Å². The lowest BCUT2D eigenvalue weighted by molar-refractivity contribution is -0.151. The number of piperidine rings is 1. The van der Waals surface area contributed by atoms with E-state index in [1.54, 1.807) is 30.3 Å². The van der Waals surface area contributed by atoms with E-state index < -0.39 is 36.3 Å². The van der Waals surface area contributed by atoms with Crippen molar-refractivity contribution in [1.29, 1.82) is 0 Å². The van der Waals surface area contributed by atoms with Gasteiger partial charge in [-0.05, 0) is 42.3 Å². The van der Waals surface area contributed by atoms with Crippen LogP contribution in [0.4, 0.5) is 13.2 Å². The number of amides is 2. The van der Waals surface area contributed by atoms with E-state index in [-0.39, 0.29) is 30.4 Å². The van der Waals surface area contributed by atoms with Crippen LogP contribution in [0.1, 0.15) is 24.4 Å². The van der Waals surface area contributed by atoms with Crippen LogP contribution in [-0.2, 0) is 22.7 Å². The van der Waals surface area contributed by atoms with E-state index in [4.69, 9.17) is 4.74 Å². The summed E-state index contributed by atoms with van der Waals surface area (Å²) in [6, 6.07) is 10.2. The molecule has 0 bridgehead atoms. The number of halogens is 4. The molecular formula is C22H19BrF3N3O4. The fraction of sp³-hybridized carbons (Fsp3) is 0.318. The van der Waals surface area contributed by atoms with E-state index >= 15 is 0 Å². The van der Waals surface area contributed by atoms with E-state index in [2.05, 4.69) is 15.9 Å². The molecule has 4 rings (SSSR count). The summed E-state index contributed by atoms with van der Waals surface area (Å²) in [5.41, 5.74) is -0.0194. The van der Waals surface area contributed by atoms with Gasteiger partial charge in [0, 0.05) is 10.9 Å². The summed E-state index contributed by atoms with van der Waals surface area (Å²) in [5, 5.41) is 0. The minimum absolute atomic E-state index is 0.0124. The van der Waals surface area contributed by atoms with Crippen LogP contribution in [0.5, 0.6) is 5.75 Å². The maximum atomic E-state index is 13.3. The molecule has 174 valence electrons. The number of imidazole rings is 1. The number of carbonyl (C=O) groups excluding carboxylic acids is 2. The van der Waals surface area contributed by atoms with E-state index in [0.29, 0.717) is 20.4 Å². The first-order chi connectivity index (χ1) is 15.6. The average Bonchev–Trinajstić information content (AvgIpc) is 3.01. The zero-order valence-corrected chi connectivity index (χ0v) is 19.0. The predicted molar refractivity (Wildman–Crippen MR) is 117 cm³/mol. The van der Waals surface area contributed by atoms with Gasteiger partial charge in [0.05, 0.1) is 24.7 Å². The van der Waals surface area contributed by atoms with Crippen molar-refractivity contribution < 1.29 is 27.5 Å². The smallest absolute Gasteiger partial charge is 0.406 e. The Hall–Kier alpha value is -3.08. The van der Waals surface area contributed by atoms with Crippen molar-refractivity contribution in [3.05, 3.63) is 63.0 Å². The first kappa shape index (κ1) is 23.1. The minimum Gasteiger partial charge on any atom is -0.497 e. The van der Waals surface area contributed by atoms with E-state index in [1.165, 1.54) is 19.2 Å². The number of benzene rings is 2. The van der Waals surface area contributed by atoms with E-state index in [9.17, 15) is 27.6 Å². The second kappa shape index (κ2) is 8.69. The van der Waals surface area contributed by atoms with Crippen LogP contribution in [0.15, 0.2) is 51.7 Å². The number of likely N-dealkylation sites (tertiary alicyclic amines) is 1. The van der Waals surface area contributed by atoms with Gasteiger partial charge in [0.1, 0.15) is 18.3 Å². The van der Waals surface area contributed by atoms with Gasteiger partial charge in [-0.2, -0.15) is 13.2 Å². The Balaban J connectivity index is 1.74. The molecule has 2 heterocycles. The van der Waals surface area contributed by atoms with Crippen molar-refractivity contribution in [3.8, 4) is 5.75 Å². The lowest BCUT2D eigenvalue weighted by Crippen LogP contribution is -2.47. The van der Waals surface area contributed by atoms with Crippen molar-refractivity contribution in [2.45, 2.75) is 38.1 Å². The molecule has 7 nitrogen and oxygen atoms in total. The highest BCUT2D eigenvalue weighted by Crippen LogP contribution is 2.30. The van der Waals surface area contributed by atoms with Crippen LogP contribution in [0.25, 0.3) is 11.0 Å². The highest BCUT2D eigenvalue weighted by atomic mass is 79.9. The number of ether oxygens (including phenoxy) is 1. The molecule has 1 saturated heterocycles. The van der Waals surface area contributed by atoms with Crippen molar-refractivity contribution in [2.75, 3.05) is 7.11 Å². The van der Waals surface area contributed by atoms with Gasteiger partial charge in [-0.15, -0.1) is 0 Å². The number of methoxy groups -OCH3 is 1. The van der Waals surface area contributed by atoms with Gasteiger partial charge in [0.2, 0.25) is 5.91 Å². The van der Waals surface area contributed by atoms with Crippen molar-refractivity contribution in [2.24, 2.45) is 0 Å². The fourth-order valence-electron chi connectivity index (χ4n) is 4.03. The zero-order valence-electron chi connectivity index (χ0n) is 17.4. The van der Waals surface area contributed by atoms with Gasteiger partial charge in [0.25, 0.3) is 5.91 Å². The maximum Gasteiger partial charge on any atom is 0.406 e. The number of imide groups is 1. The minimum atomic E-state index is -4.63. The van der Waals surface area contributed by atoms with Gasteiger partial charge >= 0.3 is 11.9 Å². The van der Waals surface area contributed by atoms with Crippen LogP contribution < -0.4 is 10.4 Å². The molecule has 0 radical (unpaired) electrons. The zero-order chi connectivity index (χ0) is 23.9. The molecule has 0 aliphatic carbocycles. The summed E-state index contributed by atoms with van der Waals surface area (Å²) in [4.78, 5) is 40.0. The Bertz CT molecular complexity index is 1280. The van der Waals surface area contributed by atoms with Crippen molar-refractivity contribution in [1.82, 2.24) is 14.0 Å². The Morgan fingerprint density at radius 3 is 2.39 bits per heavy atom. The third-order valence-electron chi connectivity index (χ3n) is 5.56. The van der Waals surface area contributed by atoms with Crippen LogP contribution in [0, 0.1) is 0 Å². The predicted octanol–water partition coefficient (Wildman–Crippen LogP) is 4.03. The number of rotatable bonds is 5. The number of aromatic nitrogens is 2. The molecule has 11 heteroatoms. The number of fused-ring (bicyclic) bond motifs is 1. The number of nitrogens with zero attached hydrogens (tertiary/aromatic N) is 3. The van der Waals surface area contributed by atoms with Gasteiger partial charge in [-0.3, -0.25) is 23.6 Å². The van der Waals surface area contributed by atoms with E-state index in [0.717, 1.165) is 9.47 Å². The molecule has 2 amide bonds. The summed E-state index contributed by atoms with van der Waals surface area (Å²) in [6.45, 7) is -1.50. The Morgan fingerprint density at radius 1 is 1.06 bits per heavy atom. The summed E-state index contributed by atoms with van der Waals surface area (Å²) < 4.78 is 46.8. The quantitative estimate of drug-likeness (QED) is 0.471. The summed E-state index contributed by atoms with van der Waals surface area (Å²) in [5.74, 6) is -0.414. The molecule has 1 fully saturated rings. The molecule has 0 N–H and O–H groups in total. The lowest BCUT2D eigenvalue weighted by Gasteiger charge is -2.31. The standard InChI is InChI=1S/C22H19BrF3N3O4/c1-33-15-5-2-13(3-6-15)11-27-19(30)9-8-17(20(27)31)29-16-7-4-14(23)10-18(16)28(21(29)32)12-22(24,25)26/h2-7,10,17H,8-9,11-12H2,1H3. The highest BCUT2D eigenvalue weighted by Gasteiger charge is 2.38. The second-order valence-electron chi connectivity index (χ2n) is 7.71. The third-order valence-corrected chi connectivity index (χ3v) is 6.05. The molecule has 2 aromatic carbocycles. The van der Waals surface area contributed by atoms with Crippen LogP contribution in [0.2, 0.25) is 0 Å². The summed E-state index contributed by atoms with van der Waals surface area (Å²) in [6.07, 6.45) is -4.61. The number of hydrogen-bond acceptors (Lipinski definition) is 4. The largest absolute Gasteiger partial charge is 0.497 e. The summed E-state index contributed by atoms with van der Waals surface area (Å²) >= 11 is 3.22. The number of carbonyl (C=O) groups is 2. The topological polar surface area (TPSA) is 73.5 Å². The van der Waals surface area contributed by atoms with Gasteiger partial charge in [-0.1, -0.05) is 28.1 Å². The average molecular weight is 526 g/mol. The molecule has 0 spiro atoms. The molecule has 1 aliphatic rings. The van der Waals surface area contributed by atoms with Crippen molar-refractivity contribution >= 4 is 38.8 Å². The van der Waals surface area contributed by atoms with Crippen molar-refractivity contribution in [3.63, 3.8) is 0 Å². The highest BCUT2D eigenvalue weighted by molar-refractivity contribution is 9.10. The third kappa shape index (κ3) is 4.54. The SMILES string of the molecule is COc1ccc(CN2C(=O)CCC(n3c(=O)n(CC(F)(F)F)c4cc(Br)ccc43)C2=O)cc1. The molecule has 33 heavy (non-hydrogen) atoms. The maximum absolute atomic E-state index is 13.3. The van der Waals surface area contributed by atoms with Gasteiger partial charge in [0.15, 0.2) is 0 Å². The molecule has 1 unspecified atom stereocenters. The Kier molecular flexibility index (Phi) is 6.08. The number of alkyl halides is 3. The molecule has 1 atom stereocenters. The molecule has 0 saturated carbocycles. The summed E-state index contributed by atoms with van der Waals surface area (Å²) in [7, 11) is 1.52. The molecule has 3 aromatic rings. The van der Waals surface area contributed by atoms with Crippen LogP contribution in [0.3, 0.4) is 0 Å². The first-order valence-corrected chi connectivity index (χ1v) is 10.8. The first-order valence-electron chi connectivity index (χ1n) is 10.0. The molecule has 1 aromatic heterocycles. The van der Waals surface area contributed by atoms with Crippen LogP contribution >= 0.6 is 15.9 Å². The van der Waals surface area contributed by atoms with E-state index in [1.807, 2.05) is 0 Å².